The van der Waals surface area contributed by atoms with Gasteiger partial charge in [-0.25, -0.2) is 0 Å². The lowest BCUT2D eigenvalue weighted by molar-refractivity contribution is -0.239. The number of aliphatic hydroxyl groups is 10. The number of aliphatic hydroxyl groups excluding tert-OH is 10. The van der Waals surface area contributed by atoms with E-state index in [9.17, 15) is 81.1 Å². The molecule has 4 aliphatic rings. The quantitative estimate of drug-likeness (QED) is 0.0934. The van der Waals surface area contributed by atoms with Crippen molar-refractivity contribution in [2.45, 2.75) is 85.6 Å². The molecule has 2 saturated heterocycles. The zero-order valence-electron chi connectivity index (χ0n) is 31.3. The van der Waals surface area contributed by atoms with E-state index in [1.54, 1.807) is 0 Å². The molecule has 60 heavy (non-hydrogen) atoms. The van der Waals surface area contributed by atoms with Crippen molar-refractivity contribution >= 4 is 11.6 Å². The molecule has 0 spiro atoms. The number of ether oxygens (including phenoxy) is 2. The van der Waals surface area contributed by atoms with Crippen molar-refractivity contribution in [3.63, 3.8) is 0 Å². The van der Waals surface area contributed by atoms with Crippen LogP contribution in [0.3, 0.4) is 0 Å². The predicted octanol–water partition coefficient (Wildman–Crippen LogP) is -2.27. The monoisotopic (exact) mass is 834 g/mol. The Morgan fingerprint density at radius 1 is 0.517 bits per heavy atom. The third kappa shape index (κ3) is 5.73. The van der Waals surface area contributed by atoms with Crippen LogP contribution in [-0.2, 0) is 28.1 Å². The van der Waals surface area contributed by atoms with Crippen LogP contribution < -0.4 is 0 Å². The summed E-state index contributed by atoms with van der Waals surface area (Å²) in [5.74, 6) is -6.49. The first-order chi connectivity index (χ1) is 28.6. The fourth-order valence-electron chi connectivity index (χ4n) is 9.68. The minimum Gasteiger partial charge on any atom is -0.507 e. The molecule has 2 aliphatic carbocycles. The third-order valence-corrected chi connectivity index (χ3v) is 12.4. The van der Waals surface area contributed by atoms with Gasteiger partial charge in [-0.3, -0.25) is 9.59 Å². The van der Waals surface area contributed by atoms with Crippen molar-refractivity contribution in [3.05, 3.63) is 116 Å². The van der Waals surface area contributed by atoms with Crippen molar-refractivity contribution in [3.8, 4) is 23.0 Å². The SMILES string of the molecule is O=C1c2c(O)cccc2[C@@](c2ccc3c(c2O)C(=O)c2c(O)cc(CO)cc2[C@H]3[C@@H]2O[C@H](CO)[C@@H](O)[C@H](O)[C@H]2O)([C@@H]2O[C@H](CO)[C@@H](O)[C@H](O)[C@H]2O)c2cc(CO)cc(O)c21. The minimum absolute atomic E-state index is 0.0219. The van der Waals surface area contributed by atoms with Gasteiger partial charge < -0.3 is 81.0 Å². The van der Waals surface area contributed by atoms with Crippen LogP contribution >= 0.6 is 0 Å². The van der Waals surface area contributed by atoms with E-state index in [1.165, 1.54) is 36.4 Å². The van der Waals surface area contributed by atoms with Crippen LogP contribution in [0, 0.1) is 0 Å². The number of aromatic hydroxyl groups is 4. The molecule has 2 fully saturated rings. The Morgan fingerprint density at radius 2 is 1.08 bits per heavy atom. The summed E-state index contributed by atoms with van der Waals surface area (Å²) in [6, 6.07) is 10.9. The Balaban J connectivity index is 1.50. The fraction of sp³-hybridized carbons (Fsp3) is 0.381. The van der Waals surface area contributed by atoms with Gasteiger partial charge in [0, 0.05) is 11.5 Å². The number of hydrogen-bond donors (Lipinski definition) is 14. The Kier molecular flexibility index (Phi) is 10.5. The van der Waals surface area contributed by atoms with Crippen LogP contribution in [0.2, 0.25) is 0 Å². The molecule has 0 radical (unpaired) electrons. The van der Waals surface area contributed by atoms with Gasteiger partial charge >= 0.3 is 0 Å². The molecular formula is C42H42O18. The van der Waals surface area contributed by atoms with E-state index in [4.69, 9.17) is 9.47 Å². The summed E-state index contributed by atoms with van der Waals surface area (Å²) >= 11 is 0. The van der Waals surface area contributed by atoms with Crippen molar-refractivity contribution < 1.29 is 90.6 Å². The standard InChI is InChI=1S/C42H42O18/c43-10-14-6-17-26(40-38(57)36(55)32(51)24(12-45)59-40)16-4-5-19(31(50)28(16)34(53)27(17)22(48)8-14)42(41-39(58)37(56)33(52)25(13-46)60-41)18-2-1-3-21(47)29(18)35(54)30-20(42)7-15(11-44)9-23(30)49/h1-9,24-26,32-33,36-41,43-52,55-58H,10-13H2/t24-,25-,26+,32-,33-,36+,37+,38-,39-,40+,41-,42+/m1/s1. The highest BCUT2D eigenvalue weighted by Gasteiger charge is 2.61. The number of benzene rings is 4. The predicted molar refractivity (Wildman–Crippen MR) is 200 cm³/mol. The van der Waals surface area contributed by atoms with E-state index >= 15 is 0 Å². The van der Waals surface area contributed by atoms with Gasteiger partial charge in [-0.1, -0.05) is 36.4 Å². The lowest BCUT2D eigenvalue weighted by atomic mass is 9.56. The van der Waals surface area contributed by atoms with Gasteiger partial charge in [0.2, 0.25) is 11.6 Å². The molecule has 18 nitrogen and oxygen atoms in total. The molecule has 2 aliphatic heterocycles. The smallest absolute Gasteiger partial charge is 0.201 e. The zero-order chi connectivity index (χ0) is 43.3. The van der Waals surface area contributed by atoms with Gasteiger partial charge in [-0.15, -0.1) is 0 Å². The topological polar surface area (TPSA) is 336 Å². The molecule has 0 amide bonds. The molecule has 2 heterocycles. The number of fused-ring (bicyclic) bond motifs is 4. The maximum atomic E-state index is 14.9. The van der Waals surface area contributed by atoms with Crippen molar-refractivity contribution in [2.24, 2.45) is 0 Å². The molecule has 4 aromatic carbocycles. The van der Waals surface area contributed by atoms with E-state index in [-0.39, 0.29) is 33.4 Å². The number of ketones is 2. The van der Waals surface area contributed by atoms with Crippen LogP contribution in [0.1, 0.15) is 76.7 Å². The maximum absolute atomic E-state index is 14.9. The van der Waals surface area contributed by atoms with E-state index in [0.29, 0.717) is 0 Å². The average molecular weight is 835 g/mol. The molecule has 0 aromatic heterocycles. The van der Waals surface area contributed by atoms with Gasteiger partial charge in [-0.2, -0.15) is 0 Å². The van der Waals surface area contributed by atoms with Crippen molar-refractivity contribution in [1.29, 1.82) is 0 Å². The Labute approximate surface area is 339 Å². The lowest BCUT2D eigenvalue weighted by Gasteiger charge is -2.52. The van der Waals surface area contributed by atoms with Crippen molar-refractivity contribution in [2.75, 3.05) is 13.2 Å². The average Bonchev–Trinajstić information content (AvgIpc) is 3.23. The van der Waals surface area contributed by atoms with Gasteiger partial charge in [0.05, 0.1) is 60.2 Å². The van der Waals surface area contributed by atoms with Gasteiger partial charge in [-0.05, 0) is 51.6 Å². The highest BCUT2D eigenvalue weighted by Crippen LogP contribution is 2.59. The molecule has 18 heteroatoms. The van der Waals surface area contributed by atoms with E-state index in [0.717, 1.165) is 18.2 Å². The second-order valence-electron chi connectivity index (χ2n) is 15.5. The number of hydrogen-bond acceptors (Lipinski definition) is 18. The number of phenolic OH excluding ortho intramolecular Hbond substituents is 4. The first kappa shape index (κ1) is 41.7. The van der Waals surface area contributed by atoms with Crippen LogP contribution in [0.25, 0.3) is 0 Å². The Hall–Kier alpha value is -5.06. The zero-order valence-corrected chi connectivity index (χ0v) is 31.3. The molecular weight excluding hydrogens is 792 g/mol. The maximum Gasteiger partial charge on any atom is 0.201 e. The summed E-state index contributed by atoms with van der Waals surface area (Å²) in [4.78, 5) is 29.2. The summed E-state index contributed by atoms with van der Waals surface area (Å²) in [5, 5.41) is 155. The first-order valence-corrected chi connectivity index (χ1v) is 18.9. The van der Waals surface area contributed by atoms with E-state index < -0.39 is 161 Å². The minimum atomic E-state index is -2.44. The summed E-state index contributed by atoms with van der Waals surface area (Å²) < 4.78 is 12.2. The summed E-state index contributed by atoms with van der Waals surface area (Å²) in [6.45, 7) is -3.16. The Bertz CT molecular complexity index is 2390. The largest absolute Gasteiger partial charge is 0.507 e. The second kappa shape index (κ2) is 15.1. The number of carbonyl (C=O) groups excluding carboxylic acids is 2. The van der Waals surface area contributed by atoms with E-state index in [1.807, 2.05) is 0 Å². The highest BCUT2D eigenvalue weighted by molar-refractivity contribution is 6.18. The molecule has 8 rings (SSSR count). The van der Waals surface area contributed by atoms with Gasteiger partial charge in [0.1, 0.15) is 77.9 Å². The van der Waals surface area contributed by atoms with Gasteiger partial charge in [0.25, 0.3) is 0 Å². The molecule has 12 atom stereocenters. The number of carbonyl (C=O) groups is 2. The van der Waals surface area contributed by atoms with E-state index in [2.05, 4.69) is 0 Å². The molecule has 0 unspecified atom stereocenters. The second-order valence-corrected chi connectivity index (χ2v) is 15.5. The fourth-order valence-corrected chi connectivity index (χ4v) is 9.68. The first-order valence-electron chi connectivity index (χ1n) is 18.9. The molecule has 4 aromatic rings. The van der Waals surface area contributed by atoms with Crippen molar-refractivity contribution in [1.82, 2.24) is 0 Å². The summed E-state index contributed by atoms with van der Waals surface area (Å²) in [7, 11) is 0. The van der Waals surface area contributed by atoms with Crippen LogP contribution in [0.4, 0.5) is 0 Å². The summed E-state index contributed by atoms with van der Waals surface area (Å²) in [5.41, 5.74) is -5.58. The lowest BCUT2D eigenvalue weighted by Crippen LogP contribution is -2.65. The normalized spacial score (nSPS) is 32.2. The summed E-state index contributed by atoms with van der Waals surface area (Å²) in [6.07, 6.45) is -18.5. The Morgan fingerprint density at radius 3 is 1.72 bits per heavy atom. The van der Waals surface area contributed by atoms with Crippen LogP contribution in [-0.4, -0.2) is 157 Å². The molecule has 0 saturated carbocycles. The molecule has 318 valence electrons. The highest BCUT2D eigenvalue weighted by atomic mass is 16.6. The molecule has 0 bridgehead atoms. The number of rotatable bonds is 7. The van der Waals surface area contributed by atoms with Gasteiger partial charge in [0.15, 0.2) is 0 Å². The third-order valence-electron chi connectivity index (χ3n) is 12.4. The molecule has 14 N–H and O–H groups in total. The number of phenols is 4. The van der Waals surface area contributed by atoms with Crippen LogP contribution in [0.5, 0.6) is 23.0 Å². The van der Waals surface area contributed by atoms with Crippen LogP contribution in [0.15, 0.2) is 54.6 Å².